The fourth-order valence-electron chi connectivity index (χ4n) is 8.23. The minimum Gasteiger partial charge on any atom is -0.467 e. The summed E-state index contributed by atoms with van der Waals surface area (Å²) in [5, 5.41) is 4.89. The number of fused-ring (bicyclic) bond motifs is 4. The summed E-state index contributed by atoms with van der Waals surface area (Å²) in [5.74, 6) is 1.73. The molecule has 0 unspecified atom stereocenters. The van der Waals surface area contributed by atoms with Crippen LogP contribution < -0.4 is 22.2 Å². The number of furan rings is 2. The average Bonchev–Trinajstić information content (AvgIpc) is 4.12. The minimum atomic E-state index is -0.290. The predicted octanol–water partition coefficient (Wildman–Crippen LogP) is 7.81. The lowest BCUT2D eigenvalue weighted by molar-refractivity contribution is 0.487. The molecule has 11 rings (SSSR count). The van der Waals surface area contributed by atoms with Crippen LogP contribution in [0.15, 0.2) is 137 Å². The SMILES string of the molecule is Cc1c2c(=O)n(-c3nc4ccccc4s3)[nH]c2cc(=O)n1Cc1ccc(-c2ccc3nc(-n4c(=O)c5c(C)n(Cc6ccco6)c(=O)cc5n4CC4=CCCC=C4)sc3c2)o1. The van der Waals surface area contributed by atoms with E-state index in [0.29, 0.717) is 72.8 Å². The summed E-state index contributed by atoms with van der Waals surface area (Å²) in [6.45, 7) is 4.25. The summed E-state index contributed by atoms with van der Waals surface area (Å²) in [5.41, 5.74) is 4.27. The molecular formula is C45H34N8O6S2. The Kier molecular flexibility index (Phi) is 8.54. The Morgan fingerprint density at radius 1 is 0.721 bits per heavy atom. The van der Waals surface area contributed by atoms with Crippen LogP contribution in [-0.4, -0.2) is 38.2 Å². The first-order valence-corrected chi connectivity index (χ1v) is 21.3. The van der Waals surface area contributed by atoms with Gasteiger partial charge in [-0.15, -0.1) is 0 Å². The number of allylic oxidation sites excluding steroid dienone is 4. The maximum atomic E-state index is 14.5. The van der Waals surface area contributed by atoms with Gasteiger partial charge in [-0.2, -0.15) is 9.36 Å². The van der Waals surface area contributed by atoms with Crippen molar-refractivity contribution in [1.29, 1.82) is 0 Å². The van der Waals surface area contributed by atoms with Crippen LogP contribution in [0.4, 0.5) is 0 Å². The zero-order chi connectivity index (χ0) is 41.5. The molecule has 0 bridgehead atoms. The number of nitrogens with one attached hydrogen (secondary N) is 1. The predicted molar refractivity (Wildman–Crippen MR) is 237 cm³/mol. The van der Waals surface area contributed by atoms with Crippen LogP contribution in [0.1, 0.15) is 35.7 Å². The van der Waals surface area contributed by atoms with Gasteiger partial charge < -0.3 is 18.0 Å². The molecule has 0 saturated carbocycles. The van der Waals surface area contributed by atoms with E-state index in [4.69, 9.17) is 13.8 Å². The van der Waals surface area contributed by atoms with Gasteiger partial charge in [-0.3, -0.25) is 29.0 Å². The first-order chi connectivity index (χ1) is 29.7. The van der Waals surface area contributed by atoms with Crippen molar-refractivity contribution in [3.63, 3.8) is 0 Å². The van der Waals surface area contributed by atoms with Crippen LogP contribution in [-0.2, 0) is 19.6 Å². The third kappa shape index (κ3) is 6.13. The Bertz CT molecular complexity index is 3680. The van der Waals surface area contributed by atoms with Crippen LogP contribution in [0.5, 0.6) is 0 Å². The molecule has 0 atom stereocenters. The lowest BCUT2D eigenvalue weighted by Crippen LogP contribution is -2.23. The number of aromatic amines is 1. The minimum absolute atomic E-state index is 0.115. The molecule has 8 heterocycles. The standard InChI is InChI=1S/C45H34N8O6S2/c1-25-40-33(48-52(42(40)56)44-46-31-12-6-7-13-36(31)60-44)20-38(54)50(25)24-30-15-17-35(59-30)28-14-16-32-37(19-28)61-45(47-32)53-43(57)41-26(2)49(23-29-11-8-18-58-29)39(55)21-34(41)51(53)22-27-9-4-3-5-10-27/h4,6-21,48H,3,5,22-24H2,1-2H3. The van der Waals surface area contributed by atoms with Gasteiger partial charge in [0.2, 0.25) is 10.3 Å². The molecule has 8 aromatic heterocycles. The molecule has 1 aliphatic carbocycles. The number of rotatable bonds is 9. The molecule has 0 fully saturated rings. The summed E-state index contributed by atoms with van der Waals surface area (Å²) in [7, 11) is 0. The summed E-state index contributed by atoms with van der Waals surface area (Å²) >= 11 is 2.76. The molecule has 0 aliphatic heterocycles. The molecular weight excluding hydrogens is 813 g/mol. The first-order valence-electron chi connectivity index (χ1n) is 19.6. The van der Waals surface area contributed by atoms with E-state index in [2.05, 4.69) is 28.3 Å². The van der Waals surface area contributed by atoms with Crippen molar-refractivity contribution in [3.05, 3.63) is 173 Å². The Morgan fingerprint density at radius 2 is 1.49 bits per heavy atom. The molecule has 302 valence electrons. The number of H-pyrrole nitrogens is 1. The van der Waals surface area contributed by atoms with Gasteiger partial charge >= 0.3 is 0 Å². The van der Waals surface area contributed by atoms with Crippen molar-refractivity contribution < 1.29 is 8.83 Å². The number of hydrogen-bond acceptors (Lipinski definition) is 10. The van der Waals surface area contributed by atoms with E-state index < -0.39 is 0 Å². The Balaban J connectivity index is 0.935. The highest BCUT2D eigenvalue weighted by atomic mass is 32.1. The molecule has 10 aromatic rings. The molecule has 0 saturated heterocycles. The summed E-state index contributed by atoms with van der Waals surface area (Å²) in [4.78, 5) is 64.8. The maximum absolute atomic E-state index is 14.5. The molecule has 0 radical (unpaired) electrons. The van der Waals surface area contributed by atoms with Crippen molar-refractivity contribution in [3.8, 4) is 21.6 Å². The molecule has 14 nitrogen and oxygen atoms in total. The van der Waals surface area contributed by atoms with E-state index in [0.717, 1.165) is 38.9 Å². The smallest absolute Gasteiger partial charge is 0.283 e. The molecule has 61 heavy (non-hydrogen) atoms. The van der Waals surface area contributed by atoms with Crippen LogP contribution in [0, 0.1) is 13.8 Å². The summed E-state index contributed by atoms with van der Waals surface area (Å²) in [6.07, 6.45) is 9.75. The summed E-state index contributed by atoms with van der Waals surface area (Å²) < 4.78 is 21.6. The molecule has 2 aromatic carbocycles. The van der Waals surface area contributed by atoms with Crippen molar-refractivity contribution >= 4 is 64.9 Å². The fourth-order valence-corrected chi connectivity index (χ4v) is 10.2. The lowest BCUT2D eigenvalue weighted by atomic mass is 10.1. The third-order valence-electron chi connectivity index (χ3n) is 11.3. The fraction of sp³-hybridized carbons (Fsp3) is 0.156. The molecule has 1 N–H and O–H groups in total. The van der Waals surface area contributed by atoms with Crippen molar-refractivity contribution in [1.82, 2.24) is 38.2 Å². The van der Waals surface area contributed by atoms with Crippen LogP contribution >= 0.6 is 22.7 Å². The maximum Gasteiger partial charge on any atom is 0.283 e. The van der Waals surface area contributed by atoms with E-state index in [9.17, 15) is 19.2 Å². The normalized spacial score (nSPS) is 13.1. The number of thiazole rings is 2. The monoisotopic (exact) mass is 846 g/mol. The number of nitrogens with zero attached hydrogens (tertiary/aromatic N) is 7. The van der Waals surface area contributed by atoms with E-state index in [-0.39, 0.29) is 35.3 Å². The number of aromatic nitrogens is 8. The van der Waals surface area contributed by atoms with Crippen molar-refractivity contribution in [2.45, 2.75) is 46.3 Å². The molecule has 16 heteroatoms. The van der Waals surface area contributed by atoms with Crippen LogP contribution in [0.3, 0.4) is 0 Å². The van der Waals surface area contributed by atoms with Gasteiger partial charge in [0.1, 0.15) is 17.3 Å². The first kappa shape index (κ1) is 36.8. The van der Waals surface area contributed by atoms with Gasteiger partial charge in [-0.05, 0) is 86.9 Å². The van der Waals surface area contributed by atoms with E-state index in [1.165, 1.54) is 44.1 Å². The molecule has 0 amide bonds. The second-order valence-corrected chi connectivity index (χ2v) is 17.0. The molecule has 1 aliphatic rings. The number of pyridine rings is 2. The lowest BCUT2D eigenvalue weighted by Gasteiger charge is -2.14. The molecule has 0 spiro atoms. The van der Waals surface area contributed by atoms with E-state index >= 15 is 0 Å². The van der Waals surface area contributed by atoms with E-state index in [1.807, 2.05) is 59.3 Å². The second-order valence-electron chi connectivity index (χ2n) is 15.0. The van der Waals surface area contributed by atoms with E-state index in [1.54, 1.807) is 41.5 Å². The highest BCUT2D eigenvalue weighted by Crippen LogP contribution is 2.32. The number of aryl methyl sites for hydroxylation is 2. The third-order valence-corrected chi connectivity index (χ3v) is 13.3. The highest BCUT2D eigenvalue weighted by Gasteiger charge is 2.24. The van der Waals surface area contributed by atoms with Gasteiger partial charge in [0.15, 0.2) is 0 Å². The van der Waals surface area contributed by atoms with Gasteiger partial charge in [-0.25, -0.2) is 9.97 Å². The highest BCUT2D eigenvalue weighted by molar-refractivity contribution is 7.21. The Morgan fingerprint density at radius 3 is 2.30 bits per heavy atom. The number of benzene rings is 2. The van der Waals surface area contributed by atoms with Gasteiger partial charge in [0.25, 0.3) is 22.2 Å². The largest absolute Gasteiger partial charge is 0.467 e. The quantitative estimate of drug-likeness (QED) is 0.154. The Labute approximate surface area is 351 Å². The zero-order valence-electron chi connectivity index (χ0n) is 32.7. The zero-order valence-corrected chi connectivity index (χ0v) is 34.4. The number of hydrogen-bond donors (Lipinski definition) is 1. The van der Waals surface area contributed by atoms with Gasteiger partial charge in [0, 0.05) is 29.1 Å². The van der Waals surface area contributed by atoms with Crippen molar-refractivity contribution in [2.75, 3.05) is 0 Å². The van der Waals surface area contributed by atoms with Crippen LogP contribution in [0.25, 0.3) is 63.8 Å². The van der Waals surface area contributed by atoms with Gasteiger partial charge in [0.05, 0.1) is 68.1 Å². The number of para-hydroxylation sites is 1. The topological polar surface area (TPSA) is 161 Å². The average molecular weight is 847 g/mol. The second kappa shape index (κ2) is 14.2. The Hall–Kier alpha value is -7.30. The van der Waals surface area contributed by atoms with Crippen LogP contribution in [0.2, 0.25) is 0 Å². The van der Waals surface area contributed by atoms with Crippen molar-refractivity contribution in [2.24, 2.45) is 0 Å². The van der Waals surface area contributed by atoms with Gasteiger partial charge in [-0.1, -0.05) is 53.0 Å². The summed E-state index contributed by atoms with van der Waals surface area (Å²) in [6, 6.07) is 23.6.